The maximum absolute atomic E-state index is 12.1. The molecule has 0 spiro atoms. The van der Waals surface area contributed by atoms with Crippen molar-refractivity contribution in [3.8, 4) is 0 Å². The molecule has 2 N–H and O–H groups in total. The van der Waals surface area contributed by atoms with Gasteiger partial charge in [0.15, 0.2) is 0 Å². The van der Waals surface area contributed by atoms with E-state index in [-0.39, 0.29) is 5.91 Å². The number of benzene rings is 1. The molecular weight excluding hydrogens is 262 g/mol. The average molecular weight is 283 g/mol. The minimum absolute atomic E-state index is 0.157. The van der Waals surface area contributed by atoms with Crippen molar-refractivity contribution in [2.75, 3.05) is 11.9 Å². The number of amides is 1. The molecule has 110 valence electrons. The van der Waals surface area contributed by atoms with Crippen molar-refractivity contribution in [1.29, 1.82) is 0 Å². The molecular formula is C17H21N3O. The summed E-state index contributed by atoms with van der Waals surface area (Å²) in [5.74, 6) is -0.157. The summed E-state index contributed by atoms with van der Waals surface area (Å²) < 4.78 is 0. The van der Waals surface area contributed by atoms with Gasteiger partial charge < -0.3 is 10.6 Å². The van der Waals surface area contributed by atoms with E-state index in [4.69, 9.17) is 0 Å². The first kappa shape index (κ1) is 15.0. The van der Waals surface area contributed by atoms with Gasteiger partial charge >= 0.3 is 0 Å². The van der Waals surface area contributed by atoms with E-state index in [0.29, 0.717) is 12.2 Å². The highest BCUT2D eigenvalue weighted by Crippen LogP contribution is 2.08. The normalized spacial score (nSPS) is 10.2. The van der Waals surface area contributed by atoms with Crippen LogP contribution in [0, 0.1) is 6.92 Å². The molecule has 1 amide bonds. The SMILES string of the molecule is CCCNc1ccnc(C(=O)NCc2ccc(C)cc2)c1. The van der Waals surface area contributed by atoms with Crippen LogP contribution in [0.5, 0.6) is 0 Å². The van der Waals surface area contributed by atoms with Crippen LogP contribution in [0.3, 0.4) is 0 Å². The number of nitrogens with one attached hydrogen (secondary N) is 2. The summed E-state index contributed by atoms with van der Waals surface area (Å²) in [7, 11) is 0. The lowest BCUT2D eigenvalue weighted by atomic mass is 10.1. The molecule has 4 nitrogen and oxygen atoms in total. The number of rotatable bonds is 6. The predicted octanol–water partition coefficient (Wildman–Crippen LogP) is 3.14. The third-order valence-corrected chi connectivity index (χ3v) is 3.15. The fourth-order valence-corrected chi connectivity index (χ4v) is 1.91. The summed E-state index contributed by atoms with van der Waals surface area (Å²) in [5, 5.41) is 6.14. The van der Waals surface area contributed by atoms with E-state index in [9.17, 15) is 4.79 Å². The number of pyridine rings is 1. The van der Waals surface area contributed by atoms with E-state index >= 15 is 0 Å². The minimum atomic E-state index is -0.157. The summed E-state index contributed by atoms with van der Waals surface area (Å²) in [6.07, 6.45) is 2.69. The lowest BCUT2D eigenvalue weighted by Crippen LogP contribution is -2.23. The van der Waals surface area contributed by atoms with Crippen LogP contribution in [0.1, 0.15) is 35.0 Å². The van der Waals surface area contributed by atoms with Crippen LogP contribution in [0.2, 0.25) is 0 Å². The van der Waals surface area contributed by atoms with Gasteiger partial charge in [-0.1, -0.05) is 36.8 Å². The molecule has 0 atom stereocenters. The van der Waals surface area contributed by atoms with Crippen molar-refractivity contribution in [2.24, 2.45) is 0 Å². The monoisotopic (exact) mass is 283 g/mol. The highest BCUT2D eigenvalue weighted by atomic mass is 16.1. The summed E-state index contributed by atoms with van der Waals surface area (Å²) in [6.45, 7) is 5.53. The number of carbonyl (C=O) groups is 1. The molecule has 1 aromatic heterocycles. The molecule has 0 aliphatic carbocycles. The molecule has 1 heterocycles. The van der Waals surface area contributed by atoms with Crippen molar-refractivity contribution in [3.63, 3.8) is 0 Å². The molecule has 0 saturated carbocycles. The summed E-state index contributed by atoms with van der Waals surface area (Å²) in [5.41, 5.74) is 3.64. The summed E-state index contributed by atoms with van der Waals surface area (Å²) in [4.78, 5) is 16.2. The summed E-state index contributed by atoms with van der Waals surface area (Å²) in [6, 6.07) is 11.8. The Balaban J connectivity index is 1.95. The average Bonchev–Trinajstić information content (AvgIpc) is 2.52. The topological polar surface area (TPSA) is 54.0 Å². The molecule has 2 rings (SSSR count). The third kappa shape index (κ3) is 4.60. The van der Waals surface area contributed by atoms with Crippen LogP contribution in [-0.2, 0) is 6.54 Å². The van der Waals surface area contributed by atoms with Gasteiger partial charge in [0.05, 0.1) is 0 Å². The number of aryl methyl sites for hydroxylation is 1. The zero-order valence-corrected chi connectivity index (χ0v) is 12.5. The van der Waals surface area contributed by atoms with Gasteiger partial charge in [-0.25, -0.2) is 0 Å². The molecule has 4 heteroatoms. The maximum Gasteiger partial charge on any atom is 0.270 e. The van der Waals surface area contributed by atoms with Gasteiger partial charge in [0.25, 0.3) is 5.91 Å². The lowest BCUT2D eigenvalue weighted by molar-refractivity contribution is 0.0946. The highest BCUT2D eigenvalue weighted by Gasteiger charge is 2.07. The Morgan fingerprint density at radius 1 is 1.19 bits per heavy atom. The molecule has 0 unspecified atom stereocenters. The molecule has 0 saturated heterocycles. The molecule has 2 aromatic rings. The standard InChI is InChI=1S/C17H21N3O/c1-3-9-18-15-8-10-19-16(11-15)17(21)20-12-14-6-4-13(2)5-7-14/h4-8,10-11H,3,9,12H2,1-2H3,(H,18,19)(H,20,21). The zero-order chi connectivity index (χ0) is 15.1. The lowest BCUT2D eigenvalue weighted by Gasteiger charge is -2.08. The van der Waals surface area contributed by atoms with Gasteiger partial charge in [-0.05, 0) is 31.0 Å². The van der Waals surface area contributed by atoms with Crippen LogP contribution >= 0.6 is 0 Å². The fourth-order valence-electron chi connectivity index (χ4n) is 1.91. The van der Waals surface area contributed by atoms with E-state index in [1.165, 1.54) is 5.56 Å². The van der Waals surface area contributed by atoms with Crippen molar-refractivity contribution in [3.05, 3.63) is 59.4 Å². The van der Waals surface area contributed by atoms with E-state index in [0.717, 1.165) is 24.2 Å². The quantitative estimate of drug-likeness (QED) is 0.856. The number of nitrogens with zero attached hydrogens (tertiary/aromatic N) is 1. The van der Waals surface area contributed by atoms with Gasteiger partial charge in [0.2, 0.25) is 0 Å². The molecule has 0 fully saturated rings. The predicted molar refractivity (Wildman–Crippen MR) is 85.4 cm³/mol. The first-order valence-corrected chi connectivity index (χ1v) is 7.22. The zero-order valence-electron chi connectivity index (χ0n) is 12.5. The third-order valence-electron chi connectivity index (χ3n) is 3.15. The minimum Gasteiger partial charge on any atom is -0.385 e. The molecule has 0 radical (unpaired) electrons. The fraction of sp³-hybridized carbons (Fsp3) is 0.294. The maximum atomic E-state index is 12.1. The van der Waals surface area contributed by atoms with Crippen molar-refractivity contribution in [1.82, 2.24) is 10.3 Å². The molecule has 1 aromatic carbocycles. The van der Waals surface area contributed by atoms with Crippen molar-refractivity contribution in [2.45, 2.75) is 26.8 Å². The Labute approximate surface area is 125 Å². The molecule has 0 bridgehead atoms. The number of aromatic nitrogens is 1. The highest BCUT2D eigenvalue weighted by molar-refractivity contribution is 5.93. The number of carbonyl (C=O) groups excluding carboxylic acids is 1. The van der Waals surface area contributed by atoms with Crippen LogP contribution < -0.4 is 10.6 Å². The van der Waals surface area contributed by atoms with E-state index < -0.39 is 0 Å². The van der Waals surface area contributed by atoms with E-state index in [1.54, 1.807) is 12.3 Å². The Hall–Kier alpha value is -2.36. The van der Waals surface area contributed by atoms with Crippen LogP contribution in [0.15, 0.2) is 42.6 Å². The molecule has 0 aliphatic rings. The smallest absolute Gasteiger partial charge is 0.270 e. The number of hydrogen-bond acceptors (Lipinski definition) is 3. The Bertz CT molecular complexity index is 593. The largest absolute Gasteiger partial charge is 0.385 e. The van der Waals surface area contributed by atoms with Gasteiger partial charge in [-0.15, -0.1) is 0 Å². The second kappa shape index (κ2) is 7.43. The number of hydrogen-bond donors (Lipinski definition) is 2. The number of anilines is 1. The van der Waals surface area contributed by atoms with Crippen LogP contribution in [-0.4, -0.2) is 17.4 Å². The van der Waals surface area contributed by atoms with Gasteiger partial charge in [0, 0.05) is 25.0 Å². The summed E-state index contributed by atoms with van der Waals surface area (Å²) >= 11 is 0. The van der Waals surface area contributed by atoms with Crippen LogP contribution in [0.25, 0.3) is 0 Å². The first-order chi connectivity index (χ1) is 10.2. The van der Waals surface area contributed by atoms with Crippen LogP contribution in [0.4, 0.5) is 5.69 Å². The van der Waals surface area contributed by atoms with E-state index in [2.05, 4.69) is 22.5 Å². The van der Waals surface area contributed by atoms with E-state index in [1.807, 2.05) is 37.3 Å². The Morgan fingerprint density at radius 3 is 2.67 bits per heavy atom. The second-order valence-corrected chi connectivity index (χ2v) is 5.02. The first-order valence-electron chi connectivity index (χ1n) is 7.22. The van der Waals surface area contributed by atoms with Gasteiger partial charge in [0.1, 0.15) is 5.69 Å². The van der Waals surface area contributed by atoms with Crippen molar-refractivity contribution < 1.29 is 4.79 Å². The van der Waals surface area contributed by atoms with Gasteiger partial charge in [-0.3, -0.25) is 9.78 Å². The molecule has 0 aliphatic heterocycles. The Kier molecular flexibility index (Phi) is 5.32. The van der Waals surface area contributed by atoms with Gasteiger partial charge in [-0.2, -0.15) is 0 Å². The second-order valence-electron chi connectivity index (χ2n) is 5.02. The van der Waals surface area contributed by atoms with Crippen molar-refractivity contribution >= 4 is 11.6 Å². The molecule has 21 heavy (non-hydrogen) atoms. The Morgan fingerprint density at radius 2 is 1.95 bits per heavy atom.